The number of halogens is 1. The smallest absolute Gasteiger partial charge is 0.241 e. The number of aryl methyl sites for hydroxylation is 1. The molecule has 2 heterocycles. The highest BCUT2D eigenvalue weighted by molar-refractivity contribution is 7.89. The zero-order valence-electron chi connectivity index (χ0n) is 13.1. The number of nitrogens with zero attached hydrogens (tertiary/aromatic N) is 1. The molecule has 0 saturated carbocycles. The summed E-state index contributed by atoms with van der Waals surface area (Å²) in [7, 11) is -2.16. The molecule has 2 N–H and O–H groups in total. The van der Waals surface area contributed by atoms with Crippen LogP contribution in [0.5, 0.6) is 0 Å². The van der Waals surface area contributed by atoms with Crippen molar-refractivity contribution in [1.82, 2.24) is 9.71 Å². The van der Waals surface area contributed by atoms with Gasteiger partial charge in [-0.1, -0.05) is 0 Å². The normalized spacial score (nSPS) is 11.8. The molecular weight excluding hydrogens is 333 g/mol. The van der Waals surface area contributed by atoms with E-state index in [1.807, 2.05) is 6.92 Å². The molecule has 0 aliphatic rings. The molecule has 2 aromatic heterocycles. The SMILES string of the molecule is CNS(=O)(=O)c1ccc(NCc2oc3ccc(F)cc3c2C)nc1. The van der Waals surface area contributed by atoms with Gasteiger partial charge in [-0.25, -0.2) is 22.5 Å². The quantitative estimate of drug-likeness (QED) is 0.740. The summed E-state index contributed by atoms with van der Waals surface area (Å²) in [6, 6.07) is 7.42. The number of aromatic nitrogens is 1. The number of fused-ring (bicyclic) bond motifs is 1. The van der Waals surface area contributed by atoms with Gasteiger partial charge in [-0.2, -0.15) is 0 Å². The average Bonchev–Trinajstić information content (AvgIpc) is 2.89. The van der Waals surface area contributed by atoms with E-state index in [0.29, 0.717) is 23.7 Å². The maximum atomic E-state index is 13.3. The molecule has 126 valence electrons. The number of nitrogens with one attached hydrogen (secondary N) is 2. The van der Waals surface area contributed by atoms with E-state index in [4.69, 9.17) is 4.42 Å². The summed E-state index contributed by atoms with van der Waals surface area (Å²) in [5.41, 5.74) is 1.47. The van der Waals surface area contributed by atoms with E-state index in [-0.39, 0.29) is 10.7 Å². The molecule has 0 aliphatic heterocycles. The van der Waals surface area contributed by atoms with E-state index >= 15 is 0 Å². The third-order valence-corrected chi connectivity index (χ3v) is 5.14. The maximum Gasteiger partial charge on any atom is 0.241 e. The van der Waals surface area contributed by atoms with Crippen molar-refractivity contribution in [3.63, 3.8) is 0 Å². The molecule has 0 fully saturated rings. The van der Waals surface area contributed by atoms with Gasteiger partial charge in [0.1, 0.15) is 27.9 Å². The summed E-state index contributed by atoms with van der Waals surface area (Å²) in [6.07, 6.45) is 1.27. The van der Waals surface area contributed by atoms with Crippen molar-refractivity contribution in [1.29, 1.82) is 0 Å². The Morgan fingerprint density at radius 3 is 2.71 bits per heavy atom. The monoisotopic (exact) mass is 349 g/mol. The summed E-state index contributed by atoms with van der Waals surface area (Å²) in [5, 5.41) is 3.79. The first-order valence-electron chi connectivity index (χ1n) is 7.22. The first-order chi connectivity index (χ1) is 11.4. The lowest BCUT2D eigenvalue weighted by molar-refractivity contribution is 0.554. The molecule has 0 unspecified atom stereocenters. The molecule has 0 atom stereocenters. The fourth-order valence-electron chi connectivity index (χ4n) is 2.34. The van der Waals surface area contributed by atoms with Gasteiger partial charge >= 0.3 is 0 Å². The Labute approximate surface area is 138 Å². The summed E-state index contributed by atoms with van der Waals surface area (Å²) in [6.45, 7) is 2.21. The van der Waals surface area contributed by atoms with Crippen LogP contribution in [0, 0.1) is 12.7 Å². The number of hydrogen-bond donors (Lipinski definition) is 2. The Balaban J connectivity index is 1.78. The molecule has 0 bridgehead atoms. The van der Waals surface area contributed by atoms with E-state index in [1.54, 1.807) is 12.1 Å². The number of pyridine rings is 1. The number of furan rings is 1. The van der Waals surface area contributed by atoms with Crippen LogP contribution in [0.3, 0.4) is 0 Å². The third-order valence-electron chi connectivity index (χ3n) is 3.74. The second kappa shape index (κ2) is 6.21. The summed E-state index contributed by atoms with van der Waals surface area (Å²) >= 11 is 0. The fraction of sp³-hybridized carbons (Fsp3) is 0.188. The van der Waals surface area contributed by atoms with E-state index in [2.05, 4.69) is 15.0 Å². The number of rotatable bonds is 5. The topological polar surface area (TPSA) is 84.2 Å². The first-order valence-corrected chi connectivity index (χ1v) is 8.70. The fourth-order valence-corrected chi connectivity index (χ4v) is 3.02. The van der Waals surface area contributed by atoms with Gasteiger partial charge in [0.05, 0.1) is 6.54 Å². The Morgan fingerprint density at radius 1 is 1.25 bits per heavy atom. The highest BCUT2D eigenvalue weighted by atomic mass is 32.2. The van der Waals surface area contributed by atoms with E-state index in [0.717, 1.165) is 10.9 Å². The van der Waals surface area contributed by atoms with Crippen molar-refractivity contribution in [2.75, 3.05) is 12.4 Å². The molecule has 1 aromatic carbocycles. The molecule has 3 aromatic rings. The van der Waals surface area contributed by atoms with Crippen LogP contribution in [0.15, 0.2) is 45.8 Å². The number of sulfonamides is 1. The van der Waals surface area contributed by atoms with Crippen LogP contribution in [0.2, 0.25) is 0 Å². The van der Waals surface area contributed by atoms with E-state index in [1.165, 1.54) is 31.4 Å². The van der Waals surface area contributed by atoms with Gasteiger partial charge < -0.3 is 9.73 Å². The first kappa shape index (κ1) is 16.4. The second-order valence-corrected chi connectivity index (χ2v) is 7.12. The number of hydrogen-bond acceptors (Lipinski definition) is 5. The highest BCUT2D eigenvalue weighted by Gasteiger charge is 2.13. The molecular formula is C16H16FN3O3S. The van der Waals surface area contributed by atoms with Gasteiger partial charge in [0.25, 0.3) is 0 Å². The Kier molecular flexibility index (Phi) is 4.25. The average molecular weight is 349 g/mol. The highest BCUT2D eigenvalue weighted by Crippen LogP contribution is 2.26. The van der Waals surface area contributed by atoms with Gasteiger partial charge in [0.2, 0.25) is 10.0 Å². The summed E-state index contributed by atoms with van der Waals surface area (Å²) in [5.74, 6) is 0.870. The van der Waals surface area contributed by atoms with Gasteiger partial charge in [0, 0.05) is 17.1 Å². The van der Waals surface area contributed by atoms with E-state index < -0.39 is 10.0 Å². The minimum Gasteiger partial charge on any atom is -0.459 e. The minimum atomic E-state index is -3.50. The molecule has 0 spiro atoms. The number of anilines is 1. The van der Waals surface area contributed by atoms with Gasteiger partial charge in [-0.05, 0) is 44.3 Å². The summed E-state index contributed by atoms with van der Waals surface area (Å²) in [4.78, 5) is 4.16. The standard InChI is InChI=1S/C16H16FN3O3S/c1-10-13-7-11(17)3-5-14(13)23-15(10)9-20-16-6-4-12(8-19-16)24(21,22)18-2/h3-8,18H,9H2,1-2H3,(H,19,20). The molecule has 24 heavy (non-hydrogen) atoms. The van der Waals surface area contributed by atoms with Crippen molar-refractivity contribution in [3.05, 3.63) is 53.7 Å². The van der Waals surface area contributed by atoms with Crippen molar-refractivity contribution in [2.24, 2.45) is 0 Å². The van der Waals surface area contributed by atoms with Crippen molar-refractivity contribution >= 4 is 26.8 Å². The molecule has 0 radical (unpaired) electrons. The zero-order chi connectivity index (χ0) is 17.3. The van der Waals surface area contributed by atoms with Gasteiger partial charge in [-0.15, -0.1) is 0 Å². The van der Waals surface area contributed by atoms with Crippen molar-refractivity contribution in [2.45, 2.75) is 18.4 Å². The molecule has 0 aliphatic carbocycles. The van der Waals surface area contributed by atoms with Gasteiger partial charge in [-0.3, -0.25) is 0 Å². The van der Waals surface area contributed by atoms with Crippen LogP contribution in [0.25, 0.3) is 11.0 Å². The third kappa shape index (κ3) is 3.10. The van der Waals surface area contributed by atoms with Crippen LogP contribution >= 0.6 is 0 Å². The zero-order valence-corrected chi connectivity index (χ0v) is 13.9. The molecule has 0 amide bonds. The molecule has 3 rings (SSSR count). The lowest BCUT2D eigenvalue weighted by Crippen LogP contribution is -2.18. The van der Waals surface area contributed by atoms with Crippen molar-refractivity contribution in [3.8, 4) is 0 Å². The number of benzene rings is 1. The Bertz CT molecular complexity index is 982. The van der Waals surface area contributed by atoms with Crippen LogP contribution in [0.4, 0.5) is 10.2 Å². The molecule has 0 saturated heterocycles. The largest absolute Gasteiger partial charge is 0.459 e. The predicted octanol–water partition coefficient (Wildman–Crippen LogP) is 2.80. The lowest BCUT2D eigenvalue weighted by atomic mass is 10.1. The Morgan fingerprint density at radius 2 is 2.04 bits per heavy atom. The van der Waals surface area contributed by atoms with Crippen LogP contribution in [-0.4, -0.2) is 20.4 Å². The minimum absolute atomic E-state index is 0.0888. The Hall–Kier alpha value is -2.45. The predicted molar refractivity (Wildman–Crippen MR) is 88.7 cm³/mol. The van der Waals surface area contributed by atoms with Crippen LogP contribution < -0.4 is 10.0 Å². The van der Waals surface area contributed by atoms with Crippen LogP contribution in [0.1, 0.15) is 11.3 Å². The van der Waals surface area contributed by atoms with Crippen molar-refractivity contribution < 1.29 is 17.2 Å². The molecule has 6 nitrogen and oxygen atoms in total. The lowest BCUT2D eigenvalue weighted by Gasteiger charge is -2.06. The molecule has 8 heteroatoms. The van der Waals surface area contributed by atoms with E-state index in [9.17, 15) is 12.8 Å². The maximum absolute atomic E-state index is 13.3. The van der Waals surface area contributed by atoms with Crippen LogP contribution in [-0.2, 0) is 16.6 Å². The van der Waals surface area contributed by atoms with Gasteiger partial charge in [0.15, 0.2) is 0 Å². The second-order valence-electron chi connectivity index (χ2n) is 5.23. The summed E-state index contributed by atoms with van der Waals surface area (Å²) < 4.78 is 44.5.